The second-order valence-electron chi connectivity index (χ2n) is 7.96. The van der Waals surface area contributed by atoms with Crippen LogP contribution in [0.2, 0.25) is 0 Å². The van der Waals surface area contributed by atoms with Gasteiger partial charge in [0.15, 0.2) is 0 Å². The fraction of sp³-hybridized carbons (Fsp3) is 0.545. The van der Waals surface area contributed by atoms with Crippen LogP contribution in [-0.2, 0) is 9.53 Å². The summed E-state index contributed by atoms with van der Waals surface area (Å²) in [5.41, 5.74) is 4.22. The highest BCUT2D eigenvalue weighted by atomic mass is 16.5. The second kappa shape index (κ2) is 8.78. The quantitative estimate of drug-likeness (QED) is 0.764. The topological polar surface area (TPSA) is 70.7 Å². The minimum atomic E-state index is -0.508. The van der Waals surface area contributed by atoms with Crippen LogP contribution in [0.4, 0.5) is 4.79 Å². The van der Waals surface area contributed by atoms with Gasteiger partial charge in [0.2, 0.25) is 0 Å². The van der Waals surface area contributed by atoms with Gasteiger partial charge in [0.25, 0.3) is 0 Å². The van der Waals surface area contributed by atoms with Crippen molar-refractivity contribution in [2.45, 2.75) is 46.6 Å². The van der Waals surface area contributed by atoms with E-state index in [0.717, 1.165) is 48.5 Å². The number of esters is 1. The largest absolute Gasteiger partial charge is 0.463 e. The zero-order valence-corrected chi connectivity index (χ0v) is 17.3. The number of likely N-dealkylation sites (tertiary alicyclic amines) is 1. The zero-order valence-electron chi connectivity index (χ0n) is 17.3. The predicted octanol–water partition coefficient (Wildman–Crippen LogP) is 3.21. The molecule has 28 heavy (non-hydrogen) atoms. The van der Waals surface area contributed by atoms with Gasteiger partial charge in [-0.3, -0.25) is 4.90 Å². The van der Waals surface area contributed by atoms with Crippen molar-refractivity contribution in [1.82, 2.24) is 15.5 Å². The summed E-state index contributed by atoms with van der Waals surface area (Å²) in [5.74, 6) is 0.348. The molecule has 1 saturated heterocycles. The Labute approximate surface area is 167 Å². The molecule has 3 rings (SSSR count). The maximum atomic E-state index is 12.9. The van der Waals surface area contributed by atoms with Gasteiger partial charge >= 0.3 is 12.0 Å². The first-order valence-electron chi connectivity index (χ1n) is 10.2. The van der Waals surface area contributed by atoms with Crippen molar-refractivity contribution in [3.63, 3.8) is 0 Å². The average Bonchev–Trinajstić information content (AvgIpc) is 2.65. The third kappa shape index (κ3) is 4.55. The number of hydrogen-bond donors (Lipinski definition) is 2. The van der Waals surface area contributed by atoms with E-state index in [0.29, 0.717) is 24.4 Å². The maximum Gasteiger partial charge on any atom is 0.338 e. The summed E-state index contributed by atoms with van der Waals surface area (Å²) in [6.45, 7) is 10.9. The van der Waals surface area contributed by atoms with Crippen LogP contribution in [0.15, 0.2) is 29.5 Å². The number of piperidine rings is 1. The van der Waals surface area contributed by atoms with Crippen LogP contribution in [0.1, 0.15) is 49.4 Å². The molecule has 1 aromatic carbocycles. The monoisotopic (exact) mass is 385 g/mol. The van der Waals surface area contributed by atoms with Gasteiger partial charge in [-0.05, 0) is 63.7 Å². The van der Waals surface area contributed by atoms with Crippen LogP contribution >= 0.6 is 0 Å². The van der Waals surface area contributed by atoms with Crippen molar-refractivity contribution in [1.29, 1.82) is 0 Å². The molecule has 1 fully saturated rings. The first kappa shape index (κ1) is 20.4. The number of nitrogens with zero attached hydrogens (tertiary/aromatic N) is 1. The predicted molar refractivity (Wildman–Crippen MR) is 109 cm³/mol. The van der Waals surface area contributed by atoms with Crippen molar-refractivity contribution in [3.05, 3.63) is 46.2 Å². The lowest BCUT2D eigenvalue weighted by Crippen LogP contribution is -2.49. The third-order valence-electron chi connectivity index (χ3n) is 5.65. The lowest BCUT2D eigenvalue weighted by molar-refractivity contribution is -0.139. The summed E-state index contributed by atoms with van der Waals surface area (Å²) in [6.07, 6.45) is 2.27. The molecule has 0 aromatic heterocycles. The Hall–Kier alpha value is -2.34. The lowest BCUT2D eigenvalue weighted by atomic mass is 9.90. The number of urea groups is 1. The Kier molecular flexibility index (Phi) is 6.39. The molecule has 0 aliphatic carbocycles. The highest BCUT2D eigenvalue weighted by Crippen LogP contribution is 2.31. The minimum absolute atomic E-state index is 0.278. The van der Waals surface area contributed by atoms with Gasteiger partial charge in [0.05, 0.1) is 18.2 Å². The summed E-state index contributed by atoms with van der Waals surface area (Å²) in [4.78, 5) is 27.7. The fourth-order valence-electron chi connectivity index (χ4n) is 3.94. The molecule has 2 aliphatic heterocycles. The molecular weight excluding hydrogens is 354 g/mol. The number of carbonyl (C=O) groups excluding carboxylic acids is 2. The Morgan fingerprint density at radius 2 is 1.96 bits per heavy atom. The van der Waals surface area contributed by atoms with E-state index in [2.05, 4.69) is 22.5 Å². The molecule has 1 atom stereocenters. The van der Waals surface area contributed by atoms with Gasteiger partial charge < -0.3 is 15.4 Å². The van der Waals surface area contributed by atoms with Crippen molar-refractivity contribution in [2.75, 3.05) is 26.2 Å². The molecule has 152 valence electrons. The number of rotatable bonds is 5. The summed E-state index contributed by atoms with van der Waals surface area (Å²) in [7, 11) is 0. The number of nitrogens with one attached hydrogen (secondary N) is 2. The Morgan fingerprint density at radius 3 is 2.64 bits per heavy atom. The highest BCUT2D eigenvalue weighted by molar-refractivity contribution is 5.95. The van der Waals surface area contributed by atoms with Crippen LogP contribution in [0, 0.1) is 19.8 Å². The van der Waals surface area contributed by atoms with Crippen LogP contribution in [-0.4, -0.2) is 43.1 Å². The van der Waals surface area contributed by atoms with Crippen LogP contribution in [0.25, 0.3) is 0 Å². The number of aryl methyl sites for hydroxylation is 2. The minimum Gasteiger partial charge on any atom is -0.463 e. The second-order valence-corrected chi connectivity index (χ2v) is 7.96. The molecule has 0 spiro atoms. The number of ether oxygens (including phenoxy) is 1. The molecule has 2 N–H and O–H groups in total. The number of amides is 2. The van der Waals surface area contributed by atoms with Crippen molar-refractivity contribution in [3.8, 4) is 0 Å². The lowest BCUT2D eigenvalue weighted by Gasteiger charge is -2.35. The SMILES string of the molecule is CCOC(=O)C1=C(CN2CCC(C)CC2)NC(=O)N[C@H]1c1cc(C)ccc1C. The van der Waals surface area contributed by atoms with E-state index >= 15 is 0 Å². The van der Waals surface area contributed by atoms with Gasteiger partial charge in [0, 0.05) is 12.2 Å². The molecule has 0 bridgehead atoms. The van der Waals surface area contributed by atoms with E-state index in [1.807, 2.05) is 32.0 Å². The number of carbonyl (C=O) groups is 2. The molecule has 6 nitrogen and oxygen atoms in total. The summed E-state index contributed by atoms with van der Waals surface area (Å²) < 4.78 is 5.37. The number of benzene rings is 1. The van der Waals surface area contributed by atoms with Crippen molar-refractivity contribution >= 4 is 12.0 Å². The number of hydrogen-bond acceptors (Lipinski definition) is 4. The van der Waals surface area contributed by atoms with Gasteiger partial charge in [-0.2, -0.15) is 0 Å². The molecule has 0 unspecified atom stereocenters. The Bertz CT molecular complexity index is 779. The highest BCUT2D eigenvalue weighted by Gasteiger charge is 2.35. The molecule has 0 saturated carbocycles. The summed E-state index contributed by atoms with van der Waals surface area (Å²) >= 11 is 0. The fourth-order valence-corrected chi connectivity index (χ4v) is 3.94. The van der Waals surface area contributed by atoms with Crippen LogP contribution < -0.4 is 10.6 Å². The van der Waals surface area contributed by atoms with E-state index in [4.69, 9.17) is 4.74 Å². The summed E-state index contributed by atoms with van der Waals surface area (Å²) in [5, 5.41) is 5.82. The van der Waals surface area contributed by atoms with E-state index in [-0.39, 0.29) is 12.0 Å². The molecular formula is C22H31N3O3. The van der Waals surface area contributed by atoms with Crippen molar-refractivity contribution in [2.24, 2.45) is 5.92 Å². The average molecular weight is 386 g/mol. The van der Waals surface area contributed by atoms with Gasteiger partial charge in [-0.25, -0.2) is 9.59 Å². The molecule has 2 amide bonds. The van der Waals surface area contributed by atoms with E-state index in [1.165, 1.54) is 0 Å². The molecule has 2 aliphatic rings. The van der Waals surface area contributed by atoms with Crippen LogP contribution in [0.5, 0.6) is 0 Å². The molecule has 1 aromatic rings. The Balaban J connectivity index is 2.00. The molecule has 6 heteroatoms. The zero-order chi connectivity index (χ0) is 20.3. The van der Waals surface area contributed by atoms with E-state index < -0.39 is 6.04 Å². The standard InChI is InChI=1S/C22H31N3O3/c1-5-28-21(26)19-18(13-25-10-8-14(2)9-11-25)23-22(27)24-20(19)17-12-15(3)6-7-16(17)4/h6-7,12,14,20H,5,8-11,13H2,1-4H3,(H2,23,24,27)/t20-/m0/s1. The van der Waals surface area contributed by atoms with E-state index in [1.54, 1.807) is 6.92 Å². The molecule has 2 heterocycles. The maximum absolute atomic E-state index is 12.9. The van der Waals surface area contributed by atoms with E-state index in [9.17, 15) is 9.59 Å². The van der Waals surface area contributed by atoms with Crippen molar-refractivity contribution < 1.29 is 14.3 Å². The van der Waals surface area contributed by atoms with Gasteiger partial charge in [0.1, 0.15) is 0 Å². The van der Waals surface area contributed by atoms with Gasteiger partial charge in [-0.15, -0.1) is 0 Å². The first-order valence-corrected chi connectivity index (χ1v) is 10.2. The Morgan fingerprint density at radius 1 is 1.25 bits per heavy atom. The van der Waals surface area contributed by atoms with Crippen LogP contribution in [0.3, 0.4) is 0 Å². The molecule has 0 radical (unpaired) electrons. The van der Waals surface area contributed by atoms with Gasteiger partial charge in [-0.1, -0.05) is 30.7 Å². The first-order chi connectivity index (χ1) is 13.4. The normalized spacial score (nSPS) is 21.3. The summed E-state index contributed by atoms with van der Waals surface area (Å²) in [6, 6.07) is 5.30. The smallest absolute Gasteiger partial charge is 0.338 e. The third-order valence-corrected chi connectivity index (χ3v) is 5.65.